The highest BCUT2D eigenvalue weighted by Gasteiger charge is 2.26. The zero-order valence-corrected chi connectivity index (χ0v) is 16.0. The minimum atomic E-state index is -4.08. The molecule has 0 radical (unpaired) electrons. The molecule has 10 heteroatoms. The highest BCUT2D eigenvalue weighted by atomic mass is 32.2. The van der Waals surface area contributed by atoms with Crippen molar-refractivity contribution in [3.05, 3.63) is 24.3 Å². The molecule has 0 saturated heterocycles. The summed E-state index contributed by atoms with van der Waals surface area (Å²) in [6.07, 6.45) is 0.768. The standard InChI is InChI=1S/C15H24N2O6S2/c1-4-9-16-24(20,21)12-5-7-13(8-6-12)25(22,23)17-14(15(18)19)10-11(2)3/h5-8,11,14,16-17H,4,9-10H2,1-3H3,(H,18,19)/t14-/m0/s1. The maximum Gasteiger partial charge on any atom is 0.321 e. The molecule has 1 atom stereocenters. The number of nitrogens with one attached hydrogen (secondary N) is 2. The summed E-state index contributed by atoms with van der Waals surface area (Å²) in [5.74, 6) is -1.28. The molecular formula is C15H24N2O6S2. The first-order chi connectivity index (χ1) is 11.5. The van der Waals surface area contributed by atoms with Gasteiger partial charge >= 0.3 is 5.97 Å². The lowest BCUT2D eigenvalue weighted by Gasteiger charge is -2.16. The van der Waals surface area contributed by atoms with Crippen LogP contribution in [0.5, 0.6) is 0 Å². The second-order valence-corrected chi connectivity index (χ2v) is 9.49. The summed E-state index contributed by atoms with van der Waals surface area (Å²) in [5, 5.41) is 9.15. The maximum absolute atomic E-state index is 12.3. The summed E-state index contributed by atoms with van der Waals surface area (Å²) in [6.45, 7) is 5.67. The average molecular weight is 392 g/mol. The smallest absolute Gasteiger partial charge is 0.321 e. The van der Waals surface area contributed by atoms with Crippen molar-refractivity contribution in [1.82, 2.24) is 9.44 Å². The summed E-state index contributed by atoms with van der Waals surface area (Å²) >= 11 is 0. The van der Waals surface area contributed by atoms with Crippen molar-refractivity contribution in [3.8, 4) is 0 Å². The highest BCUT2D eigenvalue weighted by molar-refractivity contribution is 7.90. The van der Waals surface area contributed by atoms with E-state index >= 15 is 0 Å². The Morgan fingerprint density at radius 3 is 1.92 bits per heavy atom. The molecule has 0 bridgehead atoms. The number of carbonyl (C=O) groups is 1. The van der Waals surface area contributed by atoms with E-state index in [1.54, 1.807) is 13.8 Å². The summed E-state index contributed by atoms with van der Waals surface area (Å²) in [4.78, 5) is 11.0. The molecule has 3 N–H and O–H groups in total. The Morgan fingerprint density at radius 2 is 1.52 bits per heavy atom. The first-order valence-electron chi connectivity index (χ1n) is 7.84. The molecule has 0 heterocycles. The zero-order valence-electron chi connectivity index (χ0n) is 14.4. The van der Waals surface area contributed by atoms with Crippen molar-refractivity contribution in [2.24, 2.45) is 5.92 Å². The third-order valence-corrected chi connectivity index (χ3v) is 6.25. The van der Waals surface area contributed by atoms with Gasteiger partial charge < -0.3 is 5.11 Å². The van der Waals surface area contributed by atoms with Crippen molar-refractivity contribution in [1.29, 1.82) is 0 Å². The predicted molar refractivity (Wildman–Crippen MR) is 93.1 cm³/mol. The summed E-state index contributed by atoms with van der Waals surface area (Å²) in [7, 11) is -7.77. The van der Waals surface area contributed by atoms with Gasteiger partial charge in [0, 0.05) is 6.54 Å². The lowest BCUT2D eigenvalue weighted by molar-refractivity contribution is -0.139. The Kier molecular flexibility index (Phi) is 7.54. The van der Waals surface area contributed by atoms with E-state index in [-0.39, 0.29) is 28.7 Å². The number of rotatable bonds is 10. The Hall–Kier alpha value is -1.49. The largest absolute Gasteiger partial charge is 0.480 e. The van der Waals surface area contributed by atoms with Gasteiger partial charge in [-0.1, -0.05) is 20.8 Å². The van der Waals surface area contributed by atoms with E-state index in [9.17, 15) is 21.6 Å². The molecule has 0 aliphatic carbocycles. The highest BCUT2D eigenvalue weighted by Crippen LogP contribution is 2.16. The SMILES string of the molecule is CCCNS(=O)(=O)c1ccc(S(=O)(=O)N[C@@H](CC(C)C)C(=O)O)cc1. The molecule has 142 valence electrons. The Labute approximate surface area is 148 Å². The fraction of sp³-hybridized carbons (Fsp3) is 0.533. The van der Waals surface area contributed by atoms with E-state index in [1.165, 1.54) is 12.1 Å². The number of hydrogen-bond acceptors (Lipinski definition) is 5. The number of sulfonamides is 2. The molecule has 1 aromatic carbocycles. The summed E-state index contributed by atoms with van der Waals surface area (Å²) < 4.78 is 53.1. The first kappa shape index (κ1) is 21.6. The lowest BCUT2D eigenvalue weighted by Crippen LogP contribution is -2.41. The number of hydrogen-bond donors (Lipinski definition) is 3. The number of benzene rings is 1. The minimum absolute atomic E-state index is 0.0130. The van der Waals surface area contributed by atoms with Crippen LogP contribution in [0.3, 0.4) is 0 Å². The van der Waals surface area contributed by atoms with Crippen molar-refractivity contribution in [2.75, 3.05) is 6.54 Å². The van der Waals surface area contributed by atoms with Gasteiger partial charge in [-0.25, -0.2) is 21.6 Å². The second-order valence-electron chi connectivity index (χ2n) is 6.01. The van der Waals surface area contributed by atoms with Crippen LogP contribution in [-0.4, -0.2) is 40.5 Å². The van der Waals surface area contributed by atoms with Crippen LogP contribution in [-0.2, 0) is 24.8 Å². The topological polar surface area (TPSA) is 130 Å². The van der Waals surface area contributed by atoms with Crippen LogP contribution in [0.25, 0.3) is 0 Å². The normalized spacial score (nSPS) is 13.8. The molecule has 0 fully saturated rings. The maximum atomic E-state index is 12.3. The molecule has 25 heavy (non-hydrogen) atoms. The van der Waals surface area contributed by atoms with Gasteiger partial charge in [0.1, 0.15) is 6.04 Å². The molecule has 0 saturated carbocycles. The lowest BCUT2D eigenvalue weighted by atomic mass is 10.1. The average Bonchev–Trinajstić information content (AvgIpc) is 2.51. The van der Waals surface area contributed by atoms with Crippen molar-refractivity contribution in [3.63, 3.8) is 0 Å². The van der Waals surface area contributed by atoms with E-state index in [4.69, 9.17) is 5.11 Å². The van der Waals surface area contributed by atoms with Crippen LogP contribution in [0, 0.1) is 5.92 Å². The Balaban J connectivity index is 3.02. The third-order valence-electron chi connectivity index (χ3n) is 3.29. The zero-order chi connectivity index (χ0) is 19.3. The van der Waals surface area contributed by atoms with Gasteiger partial charge in [-0.05, 0) is 43.0 Å². The van der Waals surface area contributed by atoms with Gasteiger partial charge in [0.15, 0.2) is 0 Å². The second kappa shape index (κ2) is 8.75. The molecule has 0 unspecified atom stereocenters. The third kappa shape index (κ3) is 6.38. The monoisotopic (exact) mass is 392 g/mol. The fourth-order valence-electron chi connectivity index (χ4n) is 2.04. The van der Waals surface area contributed by atoms with E-state index < -0.39 is 32.1 Å². The first-order valence-corrected chi connectivity index (χ1v) is 10.8. The van der Waals surface area contributed by atoms with Crippen LogP contribution in [0.1, 0.15) is 33.6 Å². The van der Waals surface area contributed by atoms with Crippen molar-refractivity contribution >= 4 is 26.0 Å². The molecule has 0 aliphatic heterocycles. The quantitative estimate of drug-likeness (QED) is 0.548. The van der Waals surface area contributed by atoms with E-state index in [0.717, 1.165) is 12.1 Å². The van der Waals surface area contributed by atoms with Crippen LogP contribution in [0.4, 0.5) is 0 Å². The Morgan fingerprint density at radius 1 is 1.04 bits per heavy atom. The van der Waals surface area contributed by atoms with Gasteiger partial charge in [-0.3, -0.25) is 4.79 Å². The molecule has 1 aromatic rings. The van der Waals surface area contributed by atoms with Gasteiger partial charge in [0.05, 0.1) is 9.79 Å². The Bertz CT molecular complexity index is 786. The molecule has 1 rings (SSSR count). The molecular weight excluding hydrogens is 368 g/mol. The van der Waals surface area contributed by atoms with Crippen LogP contribution in [0.15, 0.2) is 34.1 Å². The van der Waals surface area contributed by atoms with Gasteiger partial charge in [-0.2, -0.15) is 4.72 Å². The van der Waals surface area contributed by atoms with Crippen LogP contribution in [0.2, 0.25) is 0 Å². The fourth-order valence-corrected chi connectivity index (χ4v) is 4.38. The summed E-state index contributed by atoms with van der Waals surface area (Å²) in [6, 6.07) is 3.36. The van der Waals surface area contributed by atoms with Gasteiger partial charge in [0.25, 0.3) is 0 Å². The van der Waals surface area contributed by atoms with Crippen molar-refractivity contribution < 1.29 is 26.7 Å². The van der Waals surface area contributed by atoms with Gasteiger partial charge in [0.2, 0.25) is 20.0 Å². The van der Waals surface area contributed by atoms with E-state index in [1.807, 2.05) is 6.92 Å². The molecule has 0 aromatic heterocycles. The number of aliphatic carboxylic acids is 1. The molecule has 0 spiro atoms. The van der Waals surface area contributed by atoms with E-state index in [2.05, 4.69) is 9.44 Å². The minimum Gasteiger partial charge on any atom is -0.480 e. The van der Waals surface area contributed by atoms with Crippen LogP contribution < -0.4 is 9.44 Å². The number of carboxylic acid groups (broad SMARTS) is 1. The molecule has 0 amide bonds. The van der Waals surface area contributed by atoms with E-state index in [0.29, 0.717) is 6.42 Å². The van der Waals surface area contributed by atoms with Crippen LogP contribution >= 0.6 is 0 Å². The predicted octanol–water partition coefficient (Wildman–Crippen LogP) is 1.15. The molecule has 0 aliphatic rings. The summed E-state index contributed by atoms with van der Waals surface area (Å²) in [5.41, 5.74) is 0. The van der Waals surface area contributed by atoms with Gasteiger partial charge in [-0.15, -0.1) is 0 Å². The molecule has 8 nitrogen and oxygen atoms in total. The number of carboxylic acids is 1. The van der Waals surface area contributed by atoms with Crippen molar-refractivity contribution in [2.45, 2.75) is 49.4 Å².